The number of non-ortho nitro benzene ring substituents is 1. The topological polar surface area (TPSA) is 98.0 Å². The summed E-state index contributed by atoms with van der Waals surface area (Å²) in [5.74, 6) is 0.213. The summed E-state index contributed by atoms with van der Waals surface area (Å²) in [4.78, 5) is 30.6. The van der Waals surface area contributed by atoms with Crippen molar-refractivity contribution in [3.05, 3.63) is 63.6 Å². The molecule has 2 aromatic rings. The Morgan fingerprint density at radius 3 is 3.00 bits per heavy atom. The van der Waals surface area contributed by atoms with Gasteiger partial charge >= 0.3 is 0 Å². The van der Waals surface area contributed by atoms with E-state index in [1.54, 1.807) is 12.1 Å². The second kappa shape index (κ2) is 6.35. The Balaban J connectivity index is 1.71. The molecular weight excluding hydrogens is 296 g/mol. The first-order valence-corrected chi connectivity index (χ1v) is 7.20. The molecule has 0 aliphatic heterocycles. The molecule has 1 N–H and O–H groups in total. The highest BCUT2D eigenvalue weighted by atomic mass is 16.6. The van der Waals surface area contributed by atoms with E-state index in [9.17, 15) is 14.9 Å². The molecule has 3 rings (SSSR count). The van der Waals surface area contributed by atoms with E-state index in [0.717, 1.165) is 30.5 Å². The smallest absolute Gasteiger partial charge is 0.270 e. The highest BCUT2D eigenvalue weighted by Gasteiger charge is 2.17. The van der Waals surface area contributed by atoms with Crippen molar-refractivity contribution in [3.8, 4) is 0 Å². The zero-order valence-corrected chi connectivity index (χ0v) is 12.2. The van der Waals surface area contributed by atoms with Gasteiger partial charge in [-0.05, 0) is 30.9 Å². The number of amides is 1. The predicted molar refractivity (Wildman–Crippen MR) is 84.8 cm³/mol. The van der Waals surface area contributed by atoms with Crippen LogP contribution >= 0.6 is 0 Å². The lowest BCUT2D eigenvalue weighted by Crippen LogP contribution is -2.11. The van der Waals surface area contributed by atoms with Crippen LogP contribution in [0, 0.1) is 10.1 Å². The second-order valence-electron chi connectivity index (χ2n) is 5.18. The molecule has 1 amide bonds. The summed E-state index contributed by atoms with van der Waals surface area (Å²) >= 11 is 0. The van der Waals surface area contributed by atoms with Crippen LogP contribution in [0.15, 0.2) is 36.7 Å². The number of carbonyl (C=O) groups excluding carboxylic acids is 1. The van der Waals surface area contributed by atoms with Gasteiger partial charge in [0, 0.05) is 29.5 Å². The van der Waals surface area contributed by atoms with Gasteiger partial charge in [0.15, 0.2) is 0 Å². The van der Waals surface area contributed by atoms with Crippen molar-refractivity contribution in [1.82, 2.24) is 9.97 Å². The van der Waals surface area contributed by atoms with Gasteiger partial charge in [-0.25, -0.2) is 9.97 Å². The first-order valence-electron chi connectivity index (χ1n) is 7.20. The maximum absolute atomic E-state index is 12.0. The molecule has 1 heterocycles. The van der Waals surface area contributed by atoms with Crippen LogP contribution in [0.1, 0.15) is 23.2 Å². The average Bonchev–Trinajstić information content (AvgIpc) is 3.03. The zero-order chi connectivity index (χ0) is 16.2. The van der Waals surface area contributed by atoms with Gasteiger partial charge < -0.3 is 5.32 Å². The molecule has 7 heteroatoms. The molecule has 116 valence electrons. The fraction of sp³-hybridized carbons (Fsp3) is 0.188. The minimum Gasteiger partial charge on any atom is -0.307 e. The molecule has 0 saturated heterocycles. The van der Waals surface area contributed by atoms with Crippen LogP contribution in [0.3, 0.4) is 0 Å². The third-order valence-corrected chi connectivity index (χ3v) is 3.62. The van der Waals surface area contributed by atoms with Gasteiger partial charge in [0.2, 0.25) is 5.91 Å². The third-order valence-electron chi connectivity index (χ3n) is 3.62. The molecule has 0 fully saturated rings. The summed E-state index contributed by atoms with van der Waals surface area (Å²) in [6.07, 6.45) is 7.10. The number of nitrogens with one attached hydrogen (secondary N) is 1. The van der Waals surface area contributed by atoms with Crippen LogP contribution in [0.4, 0.5) is 11.5 Å². The average molecular weight is 310 g/mol. The number of hydrogen-bond donors (Lipinski definition) is 1. The number of hydrogen-bond acceptors (Lipinski definition) is 5. The quantitative estimate of drug-likeness (QED) is 0.531. The summed E-state index contributed by atoms with van der Waals surface area (Å²) in [5.41, 5.74) is 2.55. The van der Waals surface area contributed by atoms with E-state index in [4.69, 9.17) is 0 Å². The molecule has 0 atom stereocenters. The number of nitro benzene ring substituents is 1. The van der Waals surface area contributed by atoms with E-state index >= 15 is 0 Å². The van der Waals surface area contributed by atoms with Crippen molar-refractivity contribution < 1.29 is 9.72 Å². The largest absolute Gasteiger partial charge is 0.307 e. The summed E-state index contributed by atoms with van der Waals surface area (Å²) < 4.78 is 0. The maximum Gasteiger partial charge on any atom is 0.270 e. The lowest BCUT2D eigenvalue weighted by molar-refractivity contribution is -0.384. The number of nitro groups is 1. The van der Waals surface area contributed by atoms with E-state index in [0.29, 0.717) is 11.4 Å². The number of nitrogens with zero attached hydrogens (tertiary/aromatic N) is 3. The van der Waals surface area contributed by atoms with E-state index in [2.05, 4.69) is 15.3 Å². The third kappa shape index (κ3) is 3.39. The van der Waals surface area contributed by atoms with Crippen molar-refractivity contribution in [2.24, 2.45) is 0 Å². The number of carbonyl (C=O) groups is 1. The monoisotopic (exact) mass is 310 g/mol. The molecule has 1 aromatic carbocycles. The molecule has 0 saturated carbocycles. The Kier molecular flexibility index (Phi) is 4.09. The molecule has 0 bridgehead atoms. The van der Waals surface area contributed by atoms with Gasteiger partial charge in [0.1, 0.15) is 12.1 Å². The van der Waals surface area contributed by atoms with E-state index < -0.39 is 4.92 Å². The van der Waals surface area contributed by atoms with E-state index in [-0.39, 0.29) is 11.6 Å². The lowest BCUT2D eigenvalue weighted by atomic mass is 10.2. The Morgan fingerprint density at radius 1 is 1.30 bits per heavy atom. The normalized spacial score (nSPS) is 13.0. The van der Waals surface area contributed by atoms with Crippen LogP contribution in [0.5, 0.6) is 0 Å². The number of aromatic nitrogens is 2. The fourth-order valence-corrected chi connectivity index (χ4v) is 2.54. The maximum atomic E-state index is 12.0. The van der Waals surface area contributed by atoms with Crippen molar-refractivity contribution >= 4 is 23.5 Å². The van der Waals surface area contributed by atoms with Crippen LogP contribution in [0.25, 0.3) is 6.08 Å². The minimum absolute atomic E-state index is 0.0128. The highest BCUT2D eigenvalue weighted by Crippen LogP contribution is 2.25. The molecule has 1 aliphatic carbocycles. The van der Waals surface area contributed by atoms with Crippen molar-refractivity contribution in [1.29, 1.82) is 0 Å². The van der Waals surface area contributed by atoms with Gasteiger partial charge in [0.25, 0.3) is 5.69 Å². The number of fused-ring (bicyclic) bond motifs is 1. The Morgan fingerprint density at radius 2 is 2.17 bits per heavy atom. The van der Waals surface area contributed by atoms with E-state index in [1.165, 1.54) is 30.6 Å². The molecule has 7 nitrogen and oxygen atoms in total. The molecule has 0 spiro atoms. The SMILES string of the molecule is O=C(/C=C/c1cccc([N+](=O)[O-])c1)Nc1ncnc2c1CCC2. The van der Waals surface area contributed by atoms with Gasteiger partial charge in [-0.2, -0.15) is 0 Å². The van der Waals surface area contributed by atoms with Crippen LogP contribution < -0.4 is 5.32 Å². The molecule has 0 unspecified atom stereocenters. The van der Waals surface area contributed by atoms with Crippen LogP contribution in [0.2, 0.25) is 0 Å². The summed E-state index contributed by atoms with van der Waals surface area (Å²) in [6.45, 7) is 0. The van der Waals surface area contributed by atoms with Gasteiger partial charge in [-0.15, -0.1) is 0 Å². The summed E-state index contributed by atoms with van der Waals surface area (Å²) in [7, 11) is 0. The Hall–Kier alpha value is -3.09. The summed E-state index contributed by atoms with van der Waals surface area (Å²) in [6, 6.07) is 6.08. The Bertz CT molecular complexity index is 802. The second-order valence-corrected chi connectivity index (χ2v) is 5.18. The van der Waals surface area contributed by atoms with Gasteiger partial charge in [-0.1, -0.05) is 12.1 Å². The summed E-state index contributed by atoms with van der Waals surface area (Å²) in [5, 5.41) is 13.5. The van der Waals surface area contributed by atoms with E-state index in [1.807, 2.05) is 0 Å². The highest BCUT2D eigenvalue weighted by molar-refractivity contribution is 6.01. The molecule has 0 radical (unpaired) electrons. The molecule has 1 aromatic heterocycles. The van der Waals surface area contributed by atoms with Crippen molar-refractivity contribution in [3.63, 3.8) is 0 Å². The van der Waals surface area contributed by atoms with Crippen LogP contribution in [-0.2, 0) is 17.6 Å². The first-order chi connectivity index (χ1) is 11.1. The number of anilines is 1. The molecule has 1 aliphatic rings. The number of aryl methyl sites for hydroxylation is 1. The van der Waals surface area contributed by atoms with Gasteiger partial charge in [0.05, 0.1) is 4.92 Å². The van der Waals surface area contributed by atoms with Crippen molar-refractivity contribution in [2.45, 2.75) is 19.3 Å². The molecular formula is C16H14N4O3. The lowest BCUT2D eigenvalue weighted by Gasteiger charge is -2.06. The minimum atomic E-state index is -0.471. The van der Waals surface area contributed by atoms with Crippen molar-refractivity contribution in [2.75, 3.05) is 5.32 Å². The first kappa shape index (κ1) is 14.8. The van der Waals surface area contributed by atoms with Gasteiger partial charge in [-0.3, -0.25) is 14.9 Å². The zero-order valence-electron chi connectivity index (χ0n) is 12.2. The predicted octanol–water partition coefficient (Wildman–Crippen LogP) is 2.53. The molecule has 23 heavy (non-hydrogen) atoms. The van der Waals surface area contributed by atoms with Crippen LogP contribution in [-0.4, -0.2) is 20.8 Å². The number of benzene rings is 1. The fourth-order valence-electron chi connectivity index (χ4n) is 2.54. The number of rotatable bonds is 4. The standard InChI is InChI=1S/C16H14N4O3/c21-15(8-7-11-3-1-4-12(9-11)20(22)23)19-16-13-5-2-6-14(13)17-10-18-16/h1,3-4,7-10H,2,5-6H2,(H,17,18,19,21)/b8-7+. The Labute approximate surface area is 132 Å².